The molecule has 0 saturated carbocycles. The first kappa shape index (κ1) is 19.6. The van der Waals surface area contributed by atoms with E-state index < -0.39 is 0 Å². The molecule has 1 unspecified atom stereocenters. The number of rotatable bonds is 8. The van der Waals surface area contributed by atoms with Crippen molar-refractivity contribution in [3.05, 3.63) is 41.6 Å². The van der Waals surface area contributed by atoms with Gasteiger partial charge in [-0.3, -0.25) is 0 Å². The predicted molar refractivity (Wildman–Crippen MR) is 102 cm³/mol. The van der Waals surface area contributed by atoms with Crippen LogP contribution in [0.25, 0.3) is 0 Å². The van der Waals surface area contributed by atoms with Gasteiger partial charge in [0.25, 0.3) is 0 Å². The number of methoxy groups -OCH3 is 1. The first-order chi connectivity index (χ1) is 12.5. The van der Waals surface area contributed by atoms with E-state index in [9.17, 15) is 0 Å². The van der Waals surface area contributed by atoms with Crippen LogP contribution in [0.1, 0.15) is 31.2 Å². The number of nitrogens with one attached hydrogen (secondary N) is 2. The number of oxazole rings is 1. The van der Waals surface area contributed by atoms with E-state index in [1.165, 1.54) is 0 Å². The minimum absolute atomic E-state index is 0.0292. The number of hydrogen-bond acceptors (Lipinski definition) is 5. The van der Waals surface area contributed by atoms with Gasteiger partial charge in [0, 0.05) is 6.54 Å². The summed E-state index contributed by atoms with van der Waals surface area (Å²) in [5, 5.41) is 6.48. The minimum atomic E-state index is -0.0292. The number of hydrogen-bond donors (Lipinski definition) is 2. The van der Waals surface area contributed by atoms with Crippen molar-refractivity contribution >= 4 is 5.96 Å². The zero-order valence-electron chi connectivity index (χ0n) is 16.1. The molecule has 0 aliphatic rings. The Labute approximate surface area is 154 Å². The van der Waals surface area contributed by atoms with Crippen molar-refractivity contribution in [2.75, 3.05) is 20.2 Å². The first-order valence-electron chi connectivity index (χ1n) is 8.77. The predicted octanol–water partition coefficient (Wildman–Crippen LogP) is 2.82. The molecule has 7 heteroatoms. The third kappa shape index (κ3) is 5.98. The molecular weight excluding hydrogens is 332 g/mol. The van der Waals surface area contributed by atoms with E-state index in [0.29, 0.717) is 24.9 Å². The maximum atomic E-state index is 5.89. The first-order valence-corrected chi connectivity index (χ1v) is 8.77. The Balaban J connectivity index is 1.86. The van der Waals surface area contributed by atoms with E-state index in [1.54, 1.807) is 7.11 Å². The Bertz CT molecular complexity index is 691. The van der Waals surface area contributed by atoms with Gasteiger partial charge in [-0.15, -0.1) is 0 Å². The molecule has 0 saturated heterocycles. The van der Waals surface area contributed by atoms with Gasteiger partial charge in [0.05, 0.1) is 19.3 Å². The molecule has 0 aliphatic carbocycles. The quantitative estimate of drug-likeness (QED) is 0.557. The van der Waals surface area contributed by atoms with E-state index in [1.807, 2.05) is 52.0 Å². The molecule has 1 aromatic carbocycles. The molecule has 142 valence electrons. The van der Waals surface area contributed by atoms with E-state index in [-0.39, 0.29) is 6.10 Å². The molecule has 26 heavy (non-hydrogen) atoms. The van der Waals surface area contributed by atoms with Gasteiger partial charge in [0.1, 0.15) is 29.9 Å². The Morgan fingerprint density at radius 3 is 2.46 bits per heavy atom. The van der Waals surface area contributed by atoms with Crippen molar-refractivity contribution in [2.45, 2.75) is 40.3 Å². The van der Waals surface area contributed by atoms with Crippen LogP contribution in [0.5, 0.6) is 11.5 Å². The van der Waals surface area contributed by atoms with E-state index in [4.69, 9.17) is 13.9 Å². The Morgan fingerprint density at radius 1 is 1.19 bits per heavy atom. The Hall–Kier alpha value is -2.70. The van der Waals surface area contributed by atoms with Gasteiger partial charge in [-0.1, -0.05) is 0 Å². The van der Waals surface area contributed by atoms with Crippen LogP contribution in [-0.2, 0) is 6.54 Å². The van der Waals surface area contributed by atoms with Crippen LogP contribution in [0.4, 0.5) is 0 Å². The lowest BCUT2D eigenvalue weighted by molar-refractivity contribution is 0.223. The van der Waals surface area contributed by atoms with E-state index in [2.05, 4.69) is 20.6 Å². The topological polar surface area (TPSA) is 80.9 Å². The Kier molecular flexibility index (Phi) is 7.32. The van der Waals surface area contributed by atoms with Crippen LogP contribution in [0.3, 0.4) is 0 Å². The molecule has 2 aromatic rings. The summed E-state index contributed by atoms with van der Waals surface area (Å²) in [5.74, 6) is 3.75. The molecule has 1 heterocycles. The fourth-order valence-electron chi connectivity index (χ4n) is 2.26. The van der Waals surface area contributed by atoms with Crippen LogP contribution in [0.2, 0.25) is 0 Å². The lowest BCUT2D eigenvalue weighted by Crippen LogP contribution is -2.41. The fourth-order valence-corrected chi connectivity index (χ4v) is 2.26. The number of aryl methyl sites for hydroxylation is 2. The van der Waals surface area contributed by atoms with Crippen molar-refractivity contribution in [2.24, 2.45) is 4.99 Å². The maximum absolute atomic E-state index is 5.89. The van der Waals surface area contributed by atoms with Crippen LogP contribution >= 0.6 is 0 Å². The summed E-state index contributed by atoms with van der Waals surface area (Å²) < 4.78 is 16.6. The second-order valence-corrected chi connectivity index (χ2v) is 5.93. The summed E-state index contributed by atoms with van der Waals surface area (Å²) in [6, 6.07) is 7.53. The molecule has 0 radical (unpaired) electrons. The number of aliphatic imine (C=N–C) groups is 1. The number of ether oxygens (including phenoxy) is 2. The average molecular weight is 360 g/mol. The summed E-state index contributed by atoms with van der Waals surface area (Å²) in [6.07, 6.45) is -0.0292. The minimum Gasteiger partial charge on any atom is -0.497 e. The highest BCUT2D eigenvalue weighted by atomic mass is 16.5. The number of aromatic nitrogens is 1. The normalized spacial score (nSPS) is 12.6. The molecule has 0 fully saturated rings. The summed E-state index contributed by atoms with van der Waals surface area (Å²) in [5.41, 5.74) is 0.898. The second kappa shape index (κ2) is 9.70. The van der Waals surface area contributed by atoms with Gasteiger partial charge in [0.2, 0.25) is 5.89 Å². The van der Waals surface area contributed by atoms with Crippen LogP contribution < -0.4 is 20.1 Å². The monoisotopic (exact) mass is 360 g/mol. The zero-order valence-corrected chi connectivity index (χ0v) is 16.1. The summed E-state index contributed by atoms with van der Waals surface area (Å²) in [6.45, 7) is 9.61. The Morgan fingerprint density at radius 2 is 1.88 bits per heavy atom. The van der Waals surface area contributed by atoms with Gasteiger partial charge in [-0.05, 0) is 52.0 Å². The van der Waals surface area contributed by atoms with Crippen LogP contribution in [0.15, 0.2) is 33.7 Å². The molecule has 0 spiro atoms. The third-order valence-electron chi connectivity index (χ3n) is 3.74. The van der Waals surface area contributed by atoms with E-state index >= 15 is 0 Å². The van der Waals surface area contributed by atoms with Gasteiger partial charge in [-0.25, -0.2) is 9.98 Å². The van der Waals surface area contributed by atoms with Gasteiger partial charge in [0.15, 0.2) is 5.96 Å². The molecule has 0 bridgehead atoms. The van der Waals surface area contributed by atoms with Crippen LogP contribution in [0, 0.1) is 13.8 Å². The maximum Gasteiger partial charge on any atom is 0.216 e. The van der Waals surface area contributed by atoms with Crippen molar-refractivity contribution in [1.29, 1.82) is 0 Å². The molecule has 2 N–H and O–H groups in total. The molecular formula is C19H28N4O3. The smallest absolute Gasteiger partial charge is 0.216 e. The van der Waals surface area contributed by atoms with Crippen molar-refractivity contribution in [1.82, 2.24) is 15.6 Å². The van der Waals surface area contributed by atoms with Crippen molar-refractivity contribution < 1.29 is 13.9 Å². The van der Waals surface area contributed by atoms with Crippen molar-refractivity contribution in [3.63, 3.8) is 0 Å². The lowest BCUT2D eigenvalue weighted by atomic mass is 10.3. The SMILES string of the molecule is CCNC(=NCc1nc(C)c(C)o1)NCC(C)Oc1ccc(OC)cc1. The van der Waals surface area contributed by atoms with E-state index in [0.717, 1.165) is 29.5 Å². The number of benzene rings is 1. The molecule has 1 aromatic heterocycles. The number of nitrogens with zero attached hydrogens (tertiary/aromatic N) is 2. The largest absolute Gasteiger partial charge is 0.497 e. The lowest BCUT2D eigenvalue weighted by Gasteiger charge is -2.17. The summed E-state index contributed by atoms with van der Waals surface area (Å²) >= 11 is 0. The zero-order chi connectivity index (χ0) is 18.9. The van der Waals surface area contributed by atoms with Gasteiger partial charge < -0.3 is 24.5 Å². The molecule has 0 amide bonds. The van der Waals surface area contributed by atoms with Gasteiger partial charge in [-0.2, -0.15) is 0 Å². The highest BCUT2D eigenvalue weighted by molar-refractivity contribution is 5.79. The van der Waals surface area contributed by atoms with Gasteiger partial charge >= 0.3 is 0 Å². The summed E-state index contributed by atoms with van der Waals surface area (Å²) in [7, 11) is 1.64. The summed E-state index contributed by atoms with van der Waals surface area (Å²) in [4.78, 5) is 8.85. The number of guanidine groups is 1. The second-order valence-electron chi connectivity index (χ2n) is 5.93. The molecule has 1 atom stereocenters. The molecule has 2 rings (SSSR count). The van der Waals surface area contributed by atoms with Crippen molar-refractivity contribution in [3.8, 4) is 11.5 Å². The van der Waals surface area contributed by atoms with Crippen LogP contribution in [-0.4, -0.2) is 37.2 Å². The third-order valence-corrected chi connectivity index (χ3v) is 3.74. The fraction of sp³-hybridized carbons (Fsp3) is 0.474. The molecule has 7 nitrogen and oxygen atoms in total. The highest BCUT2D eigenvalue weighted by Gasteiger charge is 2.08. The average Bonchev–Trinajstić information content (AvgIpc) is 2.96. The highest BCUT2D eigenvalue weighted by Crippen LogP contribution is 2.18. The molecule has 0 aliphatic heterocycles. The standard InChI is InChI=1S/C19H28N4O3/c1-6-20-19(22-12-18-23-14(3)15(4)26-18)21-11-13(2)25-17-9-7-16(24-5)8-10-17/h7-10,13H,6,11-12H2,1-5H3,(H2,20,21,22).